The fraction of sp³-hybridized carbons (Fsp3) is 0.267. The Morgan fingerprint density at radius 2 is 2.00 bits per heavy atom. The second kappa shape index (κ2) is 8.67. The predicted octanol–water partition coefficient (Wildman–Crippen LogP) is 3.48. The lowest BCUT2D eigenvalue weighted by Gasteiger charge is -2.07. The first kappa shape index (κ1) is 17.5. The average molecular weight is 355 g/mol. The Morgan fingerprint density at radius 3 is 2.65 bits per heavy atom. The minimum absolute atomic E-state index is 0.207. The molecule has 0 saturated heterocycles. The number of nitrogens with one attached hydrogen (secondary N) is 2. The number of rotatable bonds is 7. The van der Waals surface area contributed by atoms with E-state index in [1.54, 1.807) is 37.4 Å². The van der Waals surface area contributed by atoms with Crippen molar-refractivity contribution < 1.29 is 9.53 Å². The monoisotopic (exact) mass is 354 g/mol. The van der Waals surface area contributed by atoms with Gasteiger partial charge < -0.3 is 15.4 Å². The molecule has 1 heterocycles. The molecule has 0 unspecified atom stereocenters. The molecule has 0 aliphatic heterocycles. The van der Waals surface area contributed by atoms with Crippen molar-refractivity contribution in [2.75, 3.05) is 30.9 Å². The predicted molar refractivity (Wildman–Crippen MR) is 91.4 cm³/mol. The lowest BCUT2D eigenvalue weighted by Crippen LogP contribution is -2.15. The van der Waals surface area contributed by atoms with Crippen LogP contribution in [0.15, 0.2) is 30.3 Å². The Hall–Kier alpha value is -1.89. The van der Waals surface area contributed by atoms with E-state index in [0.717, 1.165) is 13.0 Å². The Labute approximate surface area is 144 Å². The number of anilines is 2. The van der Waals surface area contributed by atoms with Crippen LogP contribution in [0.5, 0.6) is 0 Å². The smallest absolute Gasteiger partial charge is 0.276 e. The number of ether oxygens (including phenoxy) is 1. The highest BCUT2D eigenvalue weighted by Gasteiger charge is 2.09. The van der Waals surface area contributed by atoms with Gasteiger partial charge in [-0.3, -0.25) is 4.79 Å². The van der Waals surface area contributed by atoms with E-state index < -0.39 is 0 Å². The molecular formula is C15H16Cl2N4O2. The second-order valence-electron chi connectivity index (χ2n) is 4.66. The maximum Gasteiger partial charge on any atom is 0.276 e. The van der Waals surface area contributed by atoms with E-state index in [2.05, 4.69) is 20.8 Å². The van der Waals surface area contributed by atoms with Gasteiger partial charge in [-0.15, -0.1) is 10.2 Å². The summed E-state index contributed by atoms with van der Waals surface area (Å²) in [7, 11) is 1.65. The number of halogens is 2. The first-order chi connectivity index (χ1) is 11.1. The summed E-state index contributed by atoms with van der Waals surface area (Å²) in [6.45, 7) is 1.39. The van der Waals surface area contributed by atoms with Crippen LogP contribution in [0.2, 0.25) is 10.0 Å². The molecule has 23 heavy (non-hydrogen) atoms. The van der Waals surface area contributed by atoms with Gasteiger partial charge in [0.2, 0.25) is 0 Å². The Bertz CT molecular complexity index is 665. The van der Waals surface area contributed by atoms with E-state index in [4.69, 9.17) is 27.9 Å². The van der Waals surface area contributed by atoms with E-state index >= 15 is 0 Å². The summed E-state index contributed by atoms with van der Waals surface area (Å²) < 4.78 is 4.96. The quantitative estimate of drug-likeness (QED) is 0.744. The minimum atomic E-state index is -0.373. The number of carbonyl (C=O) groups is 1. The van der Waals surface area contributed by atoms with Crippen molar-refractivity contribution in [1.82, 2.24) is 10.2 Å². The molecule has 1 aromatic carbocycles. The van der Waals surface area contributed by atoms with Gasteiger partial charge in [0.1, 0.15) is 5.82 Å². The minimum Gasteiger partial charge on any atom is -0.385 e. The van der Waals surface area contributed by atoms with Crippen LogP contribution < -0.4 is 10.6 Å². The number of hydrogen-bond acceptors (Lipinski definition) is 5. The van der Waals surface area contributed by atoms with Crippen molar-refractivity contribution in [1.29, 1.82) is 0 Å². The molecule has 0 fully saturated rings. The van der Waals surface area contributed by atoms with Crippen LogP contribution in [0, 0.1) is 0 Å². The van der Waals surface area contributed by atoms with E-state index in [0.29, 0.717) is 28.2 Å². The zero-order chi connectivity index (χ0) is 16.7. The SMILES string of the molecule is COCCCNc1ccc(C(=O)Nc2ccc(Cl)c(Cl)c2)nn1. The largest absolute Gasteiger partial charge is 0.385 e. The number of carbonyl (C=O) groups excluding carboxylic acids is 1. The van der Waals surface area contributed by atoms with Gasteiger partial charge in [-0.25, -0.2) is 0 Å². The van der Waals surface area contributed by atoms with E-state index in [9.17, 15) is 4.79 Å². The highest BCUT2D eigenvalue weighted by molar-refractivity contribution is 6.42. The fourth-order valence-corrected chi connectivity index (χ4v) is 2.05. The molecule has 0 saturated carbocycles. The molecule has 0 atom stereocenters. The molecule has 1 aromatic heterocycles. The maximum absolute atomic E-state index is 12.1. The Balaban J connectivity index is 1.93. The number of benzene rings is 1. The third kappa shape index (κ3) is 5.35. The van der Waals surface area contributed by atoms with Crippen molar-refractivity contribution in [2.24, 2.45) is 0 Å². The average Bonchev–Trinajstić information content (AvgIpc) is 2.55. The summed E-state index contributed by atoms with van der Waals surface area (Å²) in [6, 6.07) is 8.13. The van der Waals surface area contributed by atoms with Gasteiger partial charge in [0.05, 0.1) is 10.0 Å². The third-order valence-corrected chi connectivity index (χ3v) is 3.65. The molecule has 1 amide bonds. The Morgan fingerprint density at radius 1 is 1.17 bits per heavy atom. The molecule has 0 spiro atoms. The lowest BCUT2D eigenvalue weighted by molar-refractivity contribution is 0.102. The van der Waals surface area contributed by atoms with Gasteiger partial charge >= 0.3 is 0 Å². The summed E-state index contributed by atoms with van der Waals surface area (Å²) >= 11 is 11.7. The van der Waals surface area contributed by atoms with E-state index in [1.807, 2.05) is 0 Å². The lowest BCUT2D eigenvalue weighted by atomic mass is 10.3. The summed E-state index contributed by atoms with van der Waals surface area (Å²) in [5, 5.41) is 14.4. The fourth-order valence-electron chi connectivity index (χ4n) is 1.75. The van der Waals surface area contributed by atoms with Crippen LogP contribution in [0.4, 0.5) is 11.5 Å². The number of hydrogen-bond donors (Lipinski definition) is 2. The number of nitrogens with zero attached hydrogens (tertiary/aromatic N) is 2. The van der Waals surface area contributed by atoms with Crippen molar-refractivity contribution >= 4 is 40.6 Å². The van der Waals surface area contributed by atoms with Crippen LogP contribution in [0.3, 0.4) is 0 Å². The third-order valence-electron chi connectivity index (χ3n) is 2.91. The Kier molecular flexibility index (Phi) is 6.58. The topological polar surface area (TPSA) is 76.1 Å². The second-order valence-corrected chi connectivity index (χ2v) is 5.47. The molecule has 0 bridgehead atoms. The highest BCUT2D eigenvalue weighted by atomic mass is 35.5. The molecule has 2 aromatic rings. The van der Waals surface area contributed by atoms with Crippen LogP contribution in [-0.4, -0.2) is 36.4 Å². The molecule has 2 N–H and O–H groups in total. The van der Waals surface area contributed by atoms with Gasteiger partial charge in [-0.1, -0.05) is 23.2 Å². The number of amides is 1. The molecule has 6 nitrogen and oxygen atoms in total. The molecule has 0 radical (unpaired) electrons. The zero-order valence-electron chi connectivity index (χ0n) is 12.5. The zero-order valence-corrected chi connectivity index (χ0v) is 14.0. The van der Waals surface area contributed by atoms with Crippen LogP contribution in [0.25, 0.3) is 0 Å². The van der Waals surface area contributed by atoms with Crippen molar-refractivity contribution in [2.45, 2.75) is 6.42 Å². The number of aromatic nitrogens is 2. The summed E-state index contributed by atoms with van der Waals surface area (Å²) in [4.78, 5) is 12.1. The van der Waals surface area contributed by atoms with Gasteiger partial charge in [0, 0.05) is 25.9 Å². The van der Waals surface area contributed by atoms with E-state index in [-0.39, 0.29) is 11.6 Å². The normalized spacial score (nSPS) is 10.4. The summed E-state index contributed by atoms with van der Waals surface area (Å²) in [5.74, 6) is 0.231. The molecular weight excluding hydrogens is 339 g/mol. The van der Waals surface area contributed by atoms with Gasteiger partial charge in [-0.2, -0.15) is 0 Å². The highest BCUT2D eigenvalue weighted by Crippen LogP contribution is 2.25. The van der Waals surface area contributed by atoms with Crippen LogP contribution in [-0.2, 0) is 4.74 Å². The van der Waals surface area contributed by atoms with Crippen molar-refractivity contribution in [3.63, 3.8) is 0 Å². The molecule has 0 aliphatic carbocycles. The maximum atomic E-state index is 12.1. The van der Waals surface area contributed by atoms with Gasteiger partial charge in [-0.05, 0) is 36.8 Å². The van der Waals surface area contributed by atoms with Crippen LogP contribution >= 0.6 is 23.2 Å². The van der Waals surface area contributed by atoms with Gasteiger partial charge in [0.15, 0.2) is 5.69 Å². The summed E-state index contributed by atoms with van der Waals surface area (Å²) in [6.07, 6.45) is 0.859. The molecule has 122 valence electrons. The van der Waals surface area contributed by atoms with E-state index in [1.165, 1.54) is 0 Å². The van der Waals surface area contributed by atoms with Gasteiger partial charge in [0.25, 0.3) is 5.91 Å². The van der Waals surface area contributed by atoms with Crippen molar-refractivity contribution in [3.8, 4) is 0 Å². The molecule has 0 aliphatic rings. The first-order valence-electron chi connectivity index (χ1n) is 6.93. The molecule has 8 heteroatoms. The first-order valence-corrected chi connectivity index (χ1v) is 7.68. The van der Waals surface area contributed by atoms with Crippen LogP contribution in [0.1, 0.15) is 16.9 Å². The molecule has 2 rings (SSSR count). The summed E-state index contributed by atoms with van der Waals surface area (Å²) in [5.41, 5.74) is 0.742. The standard InChI is InChI=1S/C15H16Cl2N4O2/c1-23-8-2-7-18-14-6-5-13(20-21-14)15(22)19-10-3-4-11(16)12(17)9-10/h3-6,9H,2,7-8H2,1H3,(H,18,21)(H,19,22). The number of methoxy groups -OCH3 is 1. The van der Waals surface area contributed by atoms with Crippen molar-refractivity contribution in [3.05, 3.63) is 46.1 Å².